The van der Waals surface area contributed by atoms with Crippen molar-refractivity contribution in [2.24, 2.45) is 0 Å². The van der Waals surface area contributed by atoms with E-state index in [-0.39, 0.29) is 6.42 Å². The van der Waals surface area contributed by atoms with Crippen LogP contribution >= 0.6 is 0 Å². The number of benzene rings is 1. The first-order valence-corrected chi connectivity index (χ1v) is 9.92. The molecular formula is C12H9F9O2Sn. The second-order valence-electron chi connectivity index (χ2n) is 4.59. The quantitative estimate of drug-likeness (QED) is 0.438. The van der Waals surface area contributed by atoms with Crippen LogP contribution < -0.4 is 0 Å². The molecule has 12 heteroatoms. The van der Waals surface area contributed by atoms with Crippen molar-refractivity contribution in [2.75, 3.05) is 6.61 Å². The molecule has 0 N–H and O–H groups in total. The van der Waals surface area contributed by atoms with E-state index >= 15 is 0 Å². The van der Waals surface area contributed by atoms with Crippen LogP contribution in [0.25, 0.3) is 0 Å². The first-order valence-electron chi connectivity index (χ1n) is 6.16. The third-order valence-electron chi connectivity index (χ3n) is 2.87. The molecule has 0 aromatic heterocycles. The molecule has 2 nitrogen and oxygen atoms in total. The number of hydrogen-bond donors (Lipinski definition) is 0. The topological polar surface area (TPSA) is 26.3 Å². The Balaban J connectivity index is 2.83. The summed E-state index contributed by atoms with van der Waals surface area (Å²) < 4.78 is 123. The van der Waals surface area contributed by atoms with Crippen LogP contribution in [-0.2, 0) is 12.6 Å². The zero-order valence-electron chi connectivity index (χ0n) is 11.5. The fourth-order valence-electron chi connectivity index (χ4n) is 1.50. The molecule has 0 amide bonds. The van der Waals surface area contributed by atoms with Gasteiger partial charge in [0.05, 0.1) is 0 Å². The van der Waals surface area contributed by atoms with Gasteiger partial charge in [-0.3, -0.25) is 0 Å². The Morgan fingerprint density at radius 2 is 1.33 bits per heavy atom. The molecule has 24 heavy (non-hydrogen) atoms. The van der Waals surface area contributed by atoms with Crippen LogP contribution in [0.15, 0.2) is 30.3 Å². The summed E-state index contributed by atoms with van der Waals surface area (Å²) in [4.78, 5) is 0. The third kappa shape index (κ3) is 4.03. The van der Waals surface area contributed by atoms with Gasteiger partial charge in [-0.25, -0.2) is 0 Å². The fourth-order valence-corrected chi connectivity index (χ4v) is 4.02. The molecule has 0 saturated heterocycles. The zero-order valence-corrected chi connectivity index (χ0v) is 14.4. The molecule has 0 aliphatic heterocycles. The number of rotatable bonds is 7. The van der Waals surface area contributed by atoms with Gasteiger partial charge in [-0.1, -0.05) is 0 Å². The van der Waals surface area contributed by atoms with Crippen LogP contribution in [0.5, 0.6) is 0 Å². The van der Waals surface area contributed by atoms with Crippen molar-refractivity contribution in [1.82, 2.24) is 0 Å². The Kier molecular flexibility index (Phi) is 6.34. The summed E-state index contributed by atoms with van der Waals surface area (Å²) in [6, 6.07) is 7.66. The molecule has 1 aromatic carbocycles. The van der Waals surface area contributed by atoms with Crippen molar-refractivity contribution < 1.29 is 45.7 Å². The summed E-state index contributed by atoms with van der Waals surface area (Å²) in [5, 5.41) is 0. The van der Waals surface area contributed by atoms with E-state index in [4.69, 9.17) is 0 Å². The van der Waals surface area contributed by atoms with Crippen LogP contribution in [-0.4, -0.2) is 48.7 Å². The molecule has 136 valence electrons. The summed E-state index contributed by atoms with van der Waals surface area (Å²) in [5.74, 6) is -13.9. The minimum absolute atomic E-state index is 0.162. The average Bonchev–Trinajstić information content (AvgIpc) is 2.46. The van der Waals surface area contributed by atoms with Crippen LogP contribution in [0.4, 0.5) is 39.5 Å². The van der Waals surface area contributed by atoms with Gasteiger partial charge in [-0.15, -0.1) is 0 Å². The molecular weight excluding hydrogens is 466 g/mol. The standard InChI is InChI=1S/C8H9O.C4F9.O.Sn/c9-7-6-8-4-2-1-3-5-8;5-1(6)2(7,8)3(9,10)4(11,12)13;;/h1-5H,6-7H2;;;/q-1;;;+1. The second kappa shape index (κ2) is 7.18. The molecule has 1 rings (SSSR count). The number of alkyl halides is 9. The Bertz CT molecular complexity index is 572. The summed E-state index contributed by atoms with van der Waals surface area (Å²) in [6.45, 7) is -0.786. The van der Waals surface area contributed by atoms with Crippen molar-refractivity contribution in [3.05, 3.63) is 35.9 Å². The molecule has 0 bridgehead atoms. The van der Waals surface area contributed by atoms with Crippen LogP contribution in [0.3, 0.4) is 0 Å². The number of hydrogen-bond acceptors (Lipinski definition) is 2. The van der Waals surface area contributed by atoms with Gasteiger partial charge in [-0.05, 0) is 0 Å². The van der Waals surface area contributed by atoms with E-state index in [0.717, 1.165) is 0 Å². The predicted octanol–water partition coefficient (Wildman–Crippen LogP) is 4.17. The maximum atomic E-state index is 13.3. The van der Waals surface area contributed by atoms with E-state index in [1.807, 2.05) is 0 Å². The van der Waals surface area contributed by atoms with Gasteiger partial charge < -0.3 is 0 Å². The van der Waals surface area contributed by atoms with Gasteiger partial charge in [0.1, 0.15) is 0 Å². The van der Waals surface area contributed by atoms with Crippen molar-refractivity contribution >= 4 is 20.2 Å². The average molecular weight is 475 g/mol. The van der Waals surface area contributed by atoms with Gasteiger partial charge in [-0.2, -0.15) is 0 Å². The molecule has 0 aliphatic carbocycles. The zero-order chi connectivity index (χ0) is 18.8. The Hall–Kier alpha value is -0.851. The summed E-state index contributed by atoms with van der Waals surface area (Å²) in [5.41, 5.74) is 0.476. The monoisotopic (exact) mass is 476 g/mol. The predicted molar refractivity (Wildman–Crippen MR) is 63.4 cm³/mol. The molecule has 1 aromatic rings. The minimum atomic E-state index is -7.05. The third-order valence-corrected chi connectivity index (χ3v) is 6.56. The molecule has 0 heterocycles. The molecule has 0 radical (unpaired) electrons. The van der Waals surface area contributed by atoms with Gasteiger partial charge in [0.25, 0.3) is 0 Å². The van der Waals surface area contributed by atoms with Crippen LogP contribution in [0.1, 0.15) is 5.56 Å². The first kappa shape index (κ1) is 21.2. The van der Waals surface area contributed by atoms with E-state index in [2.05, 4.69) is 3.07 Å². The Morgan fingerprint density at radius 1 is 0.833 bits per heavy atom. The summed E-state index contributed by atoms with van der Waals surface area (Å²) in [7, 11) is 0. The number of halogens is 9. The Labute approximate surface area is 137 Å². The van der Waals surface area contributed by atoms with Crippen molar-refractivity contribution in [3.63, 3.8) is 0 Å². The normalized spacial score (nSPS) is 13.9. The van der Waals surface area contributed by atoms with Crippen molar-refractivity contribution in [2.45, 2.75) is 28.4 Å². The molecule has 0 atom stereocenters. The SMILES string of the molecule is [O]=[Sn]([O]CCc1ccccc1)[C](F)(F)C(F)(F)C(F)(F)C(F)(F)F. The van der Waals surface area contributed by atoms with Crippen molar-refractivity contribution in [1.29, 1.82) is 0 Å². The van der Waals surface area contributed by atoms with E-state index in [1.54, 1.807) is 18.2 Å². The Morgan fingerprint density at radius 3 is 1.79 bits per heavy atom. The van der Waals surface area contributed by atoms with E-state index in [1.165, 1.54) is 12.1 Å². The van der Waals surface area contributed by atoms with E-state index in [9.17, 15) is 42.6 Å². The molecule has 0 fully saturated rings. The summed E-state index contributed by atoms with van der Waals surface area (Å²) in [6.07, 6.45) is -7.10. The van der Waals surface area contributed by atoms with Crippen molar-refractivity contribution in [3.8, 4) is 0 Å². The molecule has 0 unspecified atom stereocenters. The first-order chi connectivity index (χ1) is 10.7. The molecule has 0 spiro atoms. The van der Waals surface area contributed by atoms with E-state index < -0.39 is 48.7 Å². The van der Waals surface area contributed by atoms with Gasteiger partial charge in [0.15, 0.2) is 0 Å². The summed E-state index contributed by atoms with van der Waals surface area (Å²) >= 11 is -6.31. The van der Waals surface area contributed by atoms with Gasteiger partial charge in [0.2, 0.25) is 0 Å². The van der Waals surface area contributed by atoms with E-state index in [0.29, 0.717) is 5.56 Å². The van der Waals surface area contributed by atoms with Crippen LogP contribution in [0.2, 0.25) is 0 Å². The van der Waals surface area contributed by atoms with Crippen LogP contribution in [0, 0.1) is 0 Å². The molecule has 0 aliphatic rings. The maximum absolute atomic E-state index is 13.3. The fraction of sp³-hybridized carbons (Fsp3) is 0.500. The van der Waals surface area contributed by atoms with Gasteiger partial charge in [0, 0.05) is 0 Å². The van der Waals surface area contributed by atoms with Gasteiger partial charge >= 0.3 is 137 Å². The molecule has 0 saturated carbocycles. The second-order valence-corrected chi connectivity index (χ2v) is 8.85.